The summed E-state index contributed by atoms with van der Waals surface area (Å²) in [6, 6.07) is 13.4. The molecule has 1 aliphatic heterocycles. The molecule has 1 fully saturated rings. The molecule has 7 heteroatoms. The van der Waals surface area contributed by atoms with Crippen LogP contribution in [0.15, 0.2) is 48.5 Å². The van der Waals surface area contributed by atoms with Crippen molar-refractivity contribution < 1.29 is 18.4 Å². The highest BCUT2D eigenvalue weighted by molar-refractivity contribution is 6.03. The smallest absolute Gasteiger partial charge is 0.233 e. The number of carbonyl (C=O) groups is 2. The van der Waals surface area contributed by atoms with Crippen LogP contribution < -0.4 is 5.32 Å². The van der Waals surface area contributed by atoms with Gasteiger partial charge in [-0.05, 0) is 17.7 Å². The summed E-state index contributed by atoms with van der Waals surface area (Å²) in [5.74, 6) is -2.81. The van der Waals surface area contributed by atoms with Gasteiger partial charge in [0.2, 0.25) is 11.8 Å². The van der Waals surface area contributed by atoms with E-state index in [0.717, 1.165) is 18.7 Å². The van der Waals surface area contributed by atoms with Crippen molar-refractivity contribution in [1.82, 2.24) is 9.80 Å². The molecule has 0 atom stereocenters. The lowest BCUT2D eigenvalue weighted by Crippen LogP contribution is -2.48. The fraction of sp³-hybridized carbons (Fsp3) is 0.300. The molecule has 0 aliphatic carbocycles. The molecule has 0 radical (unpaired) electrons. The highest BCUT2D eigenvalue weighted by Crippen LogP contribution is 2.18. The van der Waals surface area contributed by atoms with Gasteiger partial charge in [-0.3, -0.25) is 14.5 Å². The van der Waals surface area contributed by atoms with E-state index in [1.54, 1.807) is 4.90 Å². The first kappa shape index (κ1) is 19.0. The number of halogens is 2. The lowest BCUT2D eigenvalue weighted by molar-refractivity contribution is -0.136. The second-order valence-corrected chi connectivity index (χ2v) is 6.46. The highest BCUT2D eigenvalue weighted by Gasteiger charge is 2.23. The SMILES string of the molecule is O=C(CC(=O)N1CCN(Cc2ccccc2)CC1)Nc1c(F)cccc1F. The van der Waals surface area contributed by atoms with Crippen LogP contribution in [0.2, 0.25) is 0 Å². The standard InChI is InChI=1S/C20H21F2N3O2/c21-16-7-4-8-17(22)20(16)23-18(26)13-19(27)25-11-9-24(10-12-25)14-15-5-2-1-3-6-15/h1-8H,9-14H2,(H,23,26). The van der Waals surface area contributed by atoms with Crippen molar-refractivity contribution >= 4 is 17.5 Å². The normalized spacial score (nSPS) is 14.8. The van der Waals surface area contributed by atoms with E-state index >= 15 is 0 Å². The Balaban J connectivity index is 1.47. The molecule has 0 aromatic heterocycles. The van der Waals surface area contributed by atoms with E-state index in [1.165, 1.54) is 11.6 Å². The lowest BCUT2D eigenvalue weighted by atomic mass is 10.2. The third-order valence-electron chi connectivity index (χ3n) is 4.51. The summed E-state index contributed by atoms with van der Waals surface area (Å²) in [7, 11) is 0. The Kier molecular flexibility index (Phi) is 6.13. The van der Waals surface area contributed by atoms with Gasteiger partial charge < -0.3 is 10.2 Å². The van der Waals surface area contributed by atoms with Gasteiger partial charge in [0.05, 0.1) is 0 Å². The van der Waals surface area contributed by atoms with E-state index < -0.39 is 29.6 Å². The van der Waals surface area contributed by atoms with Gasteiger partial charge in [0, 0.05) is 32.7 Å². The molecule has 0 unspecified atom stereocenters. The molecule has 1 saturated heterocycles. The largest absolute Gasteiger partial charge is 0.340 e. The van der Waals surface area contributed by atoms with Crippen molar-refractivity contribution in [2.75, 3.05) is 31.5 Å². The average molecular weight is 373 g/mol. The number of carbonyl (C=O) groups excluding carboxylic acids is 2. The summed E-state index contributed by atoms with van der Waals surface area (Å²) in [5, 5.41) is 2.14. The van der Waals surface area contributed by atoms with Crippen LogP contribution in [0.25, 0.3) is 0 Å². The van der Waals surface area contributed by atoms with E-state index in [-0.39, 0.29) is 5.91 Å². The Morgan fingerprint density at radius 1 is 0.889 bits per heavy atom. The number of hydrogen-bond acceptors (Lipinski definition) is 3. The molecular weight excluding hydrogens is 352 g/mol. The van der Waals surface area contributed by atoms with E-state index in [1.807, 2.05) is 18.2 Å². The zero-order valence-electron chi connectivity index (χ0n) is 14.8. The molecule has 2 aromatic rings. The molecule has 0 bridgehead atoms. The van der Waals surface area contributed by atoms with Gasteiger partial charge >= 0.3 is 0 Å². The second kappa shape index (κ2) is 8.73. The lowest BCUT2D eigenvalue weighted by Gasteiger charge is -2.34. The molecule has 0 saturated carbocycles. The average Bonchev–Trinajstić information content (AvgIpc) is 2.66. The molecule has 142 valence electrons. The van der Waals surface area contributed by atoms with Crippen LogP contribution in [0, 0.1) is 11.6 Å². The molecule has 5 nitrogen and oxygen atoms in total. The number of rotatable bonds is 5. The molecular formula is C20H21F2N3O2. The van der Waals surface area contributed by atoms with Crippen molar-refractivity contribution in [3.63, 3.8) is 0 Å². The quantitative estimate of drug-likeness (QED) is 0.820. The van der Waals surface area contributed by atoms with Crippen LogP contribution in [0.1, 0.15) is 12.0 Å². The van der Waals surface area contributed by atoms with E-state index in [2.05, 4.69) is 22.3 Å². The second-order valence-electron chi connectivity index (χ2n) is 6.46. The number of hydrogen-bond donors (Lipinski definition) is 1. The van der Waals surface area contributed by atoms with Crippen LogP contribution in [0.3, 0.4) is 0 Å². The summed E-state index contributed by atoms with van der Waals surface area (Å²) >= 11 is 0. The molecule has 1 heterocycles. The number of amides is 2. The number of nitrogens with zero attached hydrogens (tertiary/aromatic N) is 2. The maximum absolute atomic E-state index is 13.6. The zero-order valence-corrected chi connectivity index (χ0v) is 14.8. The monoisotopic (exact) mass is 373 g/mol. The fourth-order valence-corrected chi connectivity index (χ4v) is 3.05. The first-order chi connectivity index (χ1) is 13.0. The predicted molar refractivity (Wildman–Crippen MR) is 97.9 cm³/mol. The van der Waals surface area contributed by atoms with Crippen molar-refractivity contribution in [3.05, 3.63) is 65.7 Å². The van der Waals surface area contributed by atoms with Crippen molar-refractivity contribution in [3.8, 4) is 0 Å². The van der Waals surface area contributed by atoms with Crippen LogP contribution in [-0.2, 0) is 16.1 Å². The minimum absolute atomic E-state index is 0.344. The van der Waals surface area contributed by atoms with Gasteiger partial charge in [-0.25, -0.2) is 8.78 Å². The summed E-state index contributed by atoms with van der Waals surface area (Å²) < 4.78 is 27.1. The van der Waals surface area contributed by atoms with Crippen LogP contribution in [0.5, 0.6) is 0 Å². The first-order valence-corrected chi connectivity index (χ1v) is 8.81. The third kappa shape index (κ3) is 5.10. The number of para-hydroxylation sites is 1. The van der Waals surface area contributed by atoms with Gasteiger partial charge in [-0.1, -0.05) is 36.4 Å². The van der Waals surface area contributed by atoms with Crippen LogP contribution >= 0.6 is 0 Å². The van der Waals surface area contributed by atoms with Crippen molar-refractivity contribution in [2.24, 2.45) is 0 Å². The Bertz CT molecular complexity index is 786. The maximum atomic E-state index is 13.6. The Morgan fingerprint density at radius 2 is 1.52 bits per heavy atom. The Morgan fingerprint density at radius 3 is 2.15 bits per heavy atom. The van der Waals surface area contributed by atoms with E-state index in [4.69, 9.17) is 0 Å². The van der Waals surface area contributed by atoms with E-state index in [0.29, 0.717) is 26.2 Å². The first-order valence-electron chi connectivity index (χ1n) is 8.81. The molecule has 1 aliphatic rings. The summed E-state index contributed by atoms with van der Waals surface area (Å²) in [6.45, 7) is 3.28. The third-order valence-corrected chi connectivity index (χ3v) is 4.51. The fourth-order valence-electron chi connectivity index (χ4n) is 3.05. The number of piperazine rings is 1. The highest BCUT2D eigenvalue weighted by atomic mass is 19.1. The van der Waals surface area contributed by atoms with Gasteiger partial charge in [-0.2, -0.15) is 0 Å². The van der Waals surface area contributed by atoms with Crippen molar-refractivity contribution in [1.29, 1.82) is 0 Å². The summed E-state index contributed by atoms with van der Waals surface area (Å²) in [4.78, 5) is 28.1. The molecule has 2 amide bonds. The topological polar surface area (TPSA) is 52.7 Å². The summed E-state index contributed by atoms with van der Waals surface area (Å²) in [6.07, 6.45) is -0.438. The summed E-state index contributed by atoms with van der Waals surface area (Å²) in [5.41, 5.74) is 0.687. The van der Waals surface area contributed by atoms with Crippen LogP contribution in [0.4, 0.5) is 14.5 Å². The zero-order chi connectivity index (χ0) is 19.2. The molecule has 3 rings (SSSR count). The maximum Gasteiger partial charge on any atom is 0.233 e. The Hall–Kier alpha value is -2.80. The minimum atomic E-state index is -0.870. The predicted octanol–water partition coefficient (Wildman–Crippen LogP) is 2.64. The number of nitrogens with one attached hydrogen (secondary N) is 1. The van der Waals surface area contributed by atoms with Crippen LogP contribution in [-0.4, -0.2) is 47.8 Å². The van der Waals surface area contributed by atoms with Gasteiger partial charge in [0.1, 0.15) is 23.7 Å². The molecule has 27 heavy (non-hydrogen) atoms. The molecule has 1 N–H and O–H groups in total. The van der Waals surface area contributed by atoms with E-state index in [9.17, 15) is 18.4 Å². The van der Waals surface area contributed by atoms with Crippen molar-refractivity contribution in [2.45, 2.75) is 13.0 Å². The molecule has 2 aromatic carbocycles. The van der Waals surface area contributed by atoms with Gasteiger partial charge in [0.25, 0.3) is 0 Å². The number of anilines is 1. The van der Waals surface area contributed by atoms with Gasteiger partial charge in [-0.15, -0.1) is 0 Å². The number of benzene rings is 2. The molecule has 0 spiro atoms. The minimum Gasteiger partial charge on any atom is -0.340 e. The van der Waals surface area contributed by atoms with Gasteiger partial charge in [0.15, 0.2) is 0 Å². The Labute approximate surface area is 156 Å².